The average molecular weight is 353 g/mol. The standard InChI is InChI=1S/C12H20N4O4S.ClH/c1-4-14(5-2)7-8-15(12(17)20-6-3)11-13-9-10(21-11)16(18)19;/h9H,4-8H2,1-3H3;1H. The van der Waals surface area contributed by atoms with Gasteiger partial charge in [-0.05, 0) is 31.4 Å². The normalized spacial score (nSPS) is 10.2. The molecule has 10 heteroatoms. The number of anilines is 1. The van der Waals surface area contributed by atoms with E-state index in [4.69, 9.17) is 4.74 Å². The third-order valence-electron chi connectivity index (χ3n) is 2.91. The lowest BCUT2D eigenvalue weighted by Crippen LogP contribution is -2.39. The van der Waals surface area contributed by atoms with Gasteiger partial charge >= 0.3 is 11.1 Å². The first-order valence-electron chi connectivity index (χ1n) is 6.80. The molecule has 0 aromatic carbocycles. The lowest BCUT2D eigenvalue weighted by Gasteiger charge is -2.23. The molecule has 0 unspecified atom stereocenters. The van der Waals surface area contributed by atoms with E-state index in [1.165, 1.54) is 4.90 Å². The highest BCUT2D eigenvalue weighted by atomic mass is 35.5. The number of amides is 1. The van der Waals surface area contributed by atoms with Crippen molar-refractivity contribution in [2.45, 2.75) is 20.8 Å². The van der Waals surface area contributed by atoms with Gasteiger partial charge in [0.05, 0.1) is 11.5 Å². The Morgan fingerprint density at radius 2 is 2.00 bits per heavy atom. The molecule has 0 saturated heterocycles. The third-order valence-corrected chi connectivity index (χ3v) is 3.89. The summed E-state index contributed by atoms with van der Waals surface area (Å²) in [5.41, 5.74) is 0. The minimum absolute atomic E-state index is 0. The molecule has 0 spiro atoms. The number of aromatic nitrogens is 1. The van der Waals surface area contributed by atoms with Crippen LogP contribution in [0.2, 0.25) is 0 Å². The Balaban J connectivity index is 0.00000441. The van der Waals surface area contributed by atoms with Crippen molar-refractivity contribution in [3.05, 3.63) is 16.3 Å². The smallest absolute Gasteiger partial charge is 0.416 e. The van der Waals surface area contributed by atoms with E-state index in [0.29, 0.717) is 13.1 Å². The minimum atomic E-state index is -0.533. The first kappa shape index (κ1) is 20.6. The monoisotopic (exact) mass is 352 g/mol. The molecule has 0 radical (unpaired) electrons. The van der Waals surface area contributed by atoms with Crippen molar-refractivity contribution in [2.24, 2.45) is 0 Å². The molecule has 126 valence electrons. The molecule has 1 amide bonds. The third kappa shape index (κ3) is 5.74. The van der Waals surface area contributed by atoms with E-state index in [1.54, 1.807) is 6.92 Å². The second-order valence-electron chi connectivity index (χ2n) is 4.12. The predicted molar refractivity (Wildman–Crippen MR) is 88.2 cm³/mol. The molecule has 0 aliphatic heterocycles. The number of nitrogens with zero attached hydrogens (tertiary/aromatic N) is 4. The highest BCUT2D eigenvalue weighted by Crippen LogP contribution is 2.28. The molecule has 0 aliphatic carbocycles. The second-order valence-corrected chi connectivity index (χ2v) is 5.10. The van der Waals surface area contributed by atoms with Crippen molar-refractivity contribution in [3.63, 3.8) is 0 Å². The molecule has 1 aromatic heterocycles. The van der Waals surface area contributed by atoms with Gasteiger partial charge in [-0.15, -0.1) is 12.4 Å². The van der Waals surface area contributed by atoms with Crippen LogP contribution in [0.1, 0.15) is 20.8 Å². The van der Waals surface area contributed by atoms with Crippen LogP contribution in [0.25, 0.3) is 0 Å². The van der Waals surface area contributed by atoms with Crippen molar-refractivity contribution in [2.75, 3.05) is 37.7 Å². The van der Waals surface area contributed by atoms with Crippen LogP contribution in [-0.4, -0.2) is 53.7 Å². The molecule has 0 atom stereocenters. The highest BCUT2D eigenvalue weighted by Gasteiger charge is 2.23. The van der Waals surface area contributed by atoms with E-state index >= 15 is 0 Å². The molecule has 0 N–H and O–H groups in total. The first-order valence-corrected chi connectivity index (χ1v) is 7.61. The number of halogens is 1. The fraction of sp³-hybridized carbons (Fsp3) is 0.667. The summed E-state index contributed by atoms with van der Waals surface area (Å²) in [6, 6.07) is 0. The number of hydrogen-bond acceptors (Lipinski definition) is 7. The van der Waals surface area contributed by atoms with Crippen molar-refractivity contribution in [1.82, 2.24) is 9.88 Å². The van der Waals surface area contributed by atoms with Crippen molar-refractivity contribution < 1.29 is 14.5 Å². The van der Waals surface area contributed by atoms with E-state index in [9.17, 15) is 14.9 Å². The molecule has 0 saturated carbocycles. The number of carbonyl (C=O) groups is 1. The average Bonchev–Trinajstić information content (AvgIpc) is 2.93. The maximum Gasteiger partial charge on any atom is 0.416 e. The van der Waals surface area contributed by atoms with Gasteiger partial charge in [0.15, 0.2) is 0 Å². The van der Waals surface area contributed by atoms with Crippen molar-refractivity contribution >= 4 is 40.0 Å². The number of likely N-dealkylation sites (N-methyl/N-ethyl adjacent to an activating group) is 1. The van der Waals surface area contributed by atoms with Gasteiger partial charge in [0.1, 0.15) is 6.20 Å². The van der Waals surface area contributed by atoms with Crippen LogP contribution >= 0.6 is 23.7 Å². The van der Waals surface area contributed by atoms with Gasteiger partial charge in [-0.1, -0.05) is 13.8 Å². The Morgan fingerprint density at radius 3 is 2.45 bits per heavy atom. The summed E-state index contributed by atoms with van der Waals surface area (Å²) in [4.78, 5) is 29.6. The summed E-state index contributed by atoms with van der Waals surface area (Å²) < 4.78 is 4.99. The molecule has 0 aliphatic rings. The summed E-state index contributed by atoms with van der Waals surface area (Å²) in [7, 11) is 0. The highest BCUT2D eigenvalue weighted by molar-refractivity contribution is 7.18. The number of ether oxygens (including phenoxy) is 1. The molecular formula is C12H21ClN4O4S. The lowest BCUT2D eigenvalue weighted by molar-refractivity contribution is -0.380. The number of carbonyl (C=O) groups excluding carboxylic acids is 1. The molecule has 1 rings (SSSR count). The van der Waals surface area contributed by atoms with E-state index in [0.717, 1.165) is 30.6 Å². The molecular weight excluding hydrogens is 332 g/mol. The molecule has 8 nitrogen and oxygen atoms in total. The van der Waals surface area contributed by atoms with E-state index < -0.39 is 11.0 Å². The Kier molecular flexibility index (Phi) is 9.63. The van der Waals surface area contributed by atoms with Crippen LogP contribution in [-0.2, 0) is 4.74 Å². The van der Waals surface area contributed by atoms with Crippen LogP contribution in [0.15, 0.2) is 6.20 Å². The van der Waals surface area contributed by atoms with Crippen LogP contribution < -0.4 is 4.90 Å². The largest absolute Gasteiger partial charge is 0.449 e. The number of rotatable bonds is 8. The summed E-state index contributed by atoms with van der Waals surface area (Å²) in [6.07, 6.45) is 0.623. The second kappa shape index (κ2) is 10.3. The molecule has 22 heavy (non-hydrogen) atoms. The zero-order valence-electron chi connectivity index (χ0n) is 12.9. The van der Waals surface area contributed by atoms with Gasteiger partial charge in [-0.3, -0.25) is 15.0 Å². The quantitative estimate of drug-likeness (QED) is 0.528. The minimum Gasteiger partial charge on any atom is -0.449 e. The topological polar surface area (TPSA) is 88.8 Å². The van der Waals surface area contributed by atoms with Crippen LogP contribution in [0.3, 0.4) is 0 Å². The van der Waals surface area contributed by atoms with E-state index in [1.807, 2.05) is 13.8 Å². The fourth-order valence-corrected chi connectivity index (χ4v) is 2.46. The Bertz CT molecular complexity index is 481. The van der Waals surface area contributed by atoms with Crippen LogP contribution in [0.5, 0.6) is 0 Å². The van der Waals surface area contributed by atoms with E-state index in [-0.39, 0.29) is 29.1 Å². The van der Waals surface area contributed by atoms with Gasteiger partial charge in [-0.25, -0.2) is 9.78 Å². The van der Waals surface area contributed by atoms with Gasteiger partial charge < -0.3 is 9.64 Å². The molecule has 1 aromatic rings. The zero-order valence-corrected chi connectivity index (χ0v) is 14.5. The van der Waals surface area contributed by atoms with Gasteiger partial charge in [0.2, 0.25) is 5.13 Å². The molecule has 0 fully saturated rings. The molecule has 1 heterocycles. The van der Waals surface area contributed by atoms with E-state index in [2.05, 4.69) is 9.88 Å². The maximum absolute atomic E-state index is 12.0. The first-order chi connectivity index (χ1) is 10.0. The zero-order chi connectivity index (χ0) is 15.8. The maximum atomic E-state index is 12.0. The van der Waals surface area contributed by atoms with Crippen molar-refractivity contribution in [3.8, 4) is 0 Å². The van der Waals surface area contributed by atoms with Crippen LogP contribution in [0, 0.1) is 10.1 Å². The number of nitro groups is 1. The predicted octanol–water partition coefficient (Wildman–Crippen LogP) is 2.78. The number of hydrogen-bond donors (Lipinski definition) is 0. The fourth-order valence-electron chi connectivity index (χ4n) is 1.71. The summed E-state index contributed by atoms with van der Waals surface area (Å²) in [5, 5.41) is 10.9. The lowest BCUT2D eigenvalue weighted by atomic mass is 10.4. The van der Waals surface area contributed by atoms with Gasteiger partial charge in [0, 0.05) is 13.1 Å². The Hall–Kier alpha value is -1.45. The summed E-state index contributed by atoms with van der Waals surface area (Å²) in [6.45, 7) is 8.79. The molecule has 0 bridgehead atoms. The Labute approximate surface area is 139 Å². The number of thiazole rings is 1. The van der Waals surface area contributed by atoms with Crippen LogP contribution in [0.4, 0.5) is 14.9 Å². The van der Waals surface area contributed by atoms with Gasteiger partial charge in [-0.2, -0.15) is 0 Å². The summed E-state index contributed by atoms with van der Waals surface area (Å²) >= 11 is 0.867. The SMILES string of the molecule is CCOC(=O)N(CCN(CC)CC)c1ncc([N+](=O)[O-])s1.Cl. The summed E-state index contributed by atoms with van der Waals surface area (Å²) in [5.74, 6) is 0. The van der Waals surface area contributed by atoms with Crippen molar-refractivity contribution in [1.29, 1.82) is 0 Å². The Morgan fingerprint density at radius 1 is 1.36 bits per heavy atom. The van der Waals surface area contributed by atoms with Gasteiger partial charge in [0.25, 0.3) is 0 Å².